The third-order valence-corrected chi connectivity index (χ3v) is 3.67. The zero-order valence-corrected chi connectivity index (χ0v) is 13.2. The van der Waals surface area contributed by atoms with E-state index in [0.29, 0.717) is 11.1 Å². The van der Waals surface area contributed by atoms with Crippen molar-refractivity contribution in [2.24, 2.45) is 5.73 Å². The Morgan fingerprint density at radius 3 is 2.38 bits per heavy atom. The molecule has 2 N–H and O–H groups in total. The largest absolute Gasteiger partial charge is 0.389 e. The molecule has 108 valence electrons. The van der Waals surface area contributed by atoms with Crippen molar-refractivity contribution in [3.05, 3.63) is 64.7 Å². The van der Waals surface area contributed by atoms with Gasteiger partial charge in [0.1, 0.15) is 4.99 Å². The second-order valence-electron chi connectivity index (χ2n) is 5.06. The lowest BCUT2D eigenvalue weighted by Gasteiger charge is -2.21. The predicted molar refractivity (Wildman–Crippen MR) is 91.0 cm³/mol. The molecule has 0 radical (unpaired) electrons. The van der Waals surface area contributed by atoms with Crippen molar-refractivity contribution in [1.29, 1.82) is 0 Å². The SMILES string of the molecule is Cc1ccc(C(=O)N(C)c2ccccc2C(N)=S)c(C)c1. The molecule has 0 aliphatic heterocycles. The van der Waals surface area contributed by atoms with Crippen LogP contribution in [-0.2, 0) is 0 Å². The van der Waals surface area contributed by atoms with Gasteiger partial charge in [0, 0.05) is 18.2 Å². The number of carbonyl (C=O) groups is 1. The summed E-state index contributed by atoms with van der Waals surface area (Å²) >= 11 is 5.05. The average molecular weight is 298 g/mol. The van der Waals surface area contributed by atoms with Gasteiger partial charge in [-0.15, -0.1) is 0 Å². The number of nitrogens with zero attached hydrogens (tertiary/aromatic N) is 1. The molecule has 0 spiro atoms. The van der Waals surface area contributed by atoms with Gasteiger partial charge in [-0.25, -0.2) is 0 Å². The number of benzene rings is 2. The fourth-order valence-corrected chi connectivity index (χ4v) is 2.49. The molecule has 0 saturated heterocycles. The van der Waals surface area contributed by atoms with Crippen LogP contribution in [0.4, 0.5) is 5.69 Å². The third-order valence-electron chi connectivity index (χ3n) is 3.45. The van der Waals surface area contributed by atoms with E-state index in [4.69, 9.17) is 18.0 Å². The Balaban J connectivity index is 2.42. The summed E-state index contributed by atoms with van der Waals surface area (Å²) in [6.07, 6.45) is 0. The maximum absolute atomic E-state index is 12.7. The molecule has 0 fully saturated rings. The van der Waals surface area contributed by atoms with Crippen LogP contribution in [0.1, 0.15) is 27.0 Å². The van der Waals surface area contributed by atoms with E-state index in [0.717, 1.165) is 16.8 Å². The monoisotopic (exact) mass is 298 g/mol. The van der Waals surface area contributed by atoms with Gasteiger partial charge in [0.05, 0.1) is 5.69 Å². The number of rotatable bonds is 3. The first-order valence-electron chi connectivity index (χ1n) is 6.66. The summed E-state index contributed by atoms with van der Waals surface area (Å²) in [6.45, 7) is 3.95. The van der Waals surface area contributed by atoms with E-state index in [-0.39, 0.29) is 10.9 Å². The molecule has 0 unspecified atom stereocenters. The van der Waals surface area contributed by atoms with E-state index < -0.39 is 0 Å². The van der Waals surface area contributed by atoms with Crippen LogP contribution >= 0.6 is 12.2 Å². The van der Waals surface area contributed by atoms with Crippen LogP contribution < -0.4 is 10.6 Å². The van der Waals surface area contributed by atoms with Crippen molar-refractivity contribution < 1.29 is 4.79 Å². The van der Waals surface area contributed by atoms with Crippen LogP contribution in [0.2, 0.25) is 0 Å². The lowest BCUT2D eigenvalue weighted by atomic mass is 10.0. The van der Waals surface area contributed by atoms with Gasteiger partial charge >= 0.3 is 0 Å². The van der Waals surface area contributed by atoms with Crippen molar-refractivity contribution in [2.75, 3.05) is 11.9 Å². The molecule has 3 nitrogen and oxygen atoms in total. The number of hydrogen-bond donors (Lipinski definition) is 1. The maximum Gasteiger partial charge on any atom is 0.258 e. The summed E-state index contributed by atoms with van der Waals surface area (Å²) in [4.78, 5) is 14.6. The highest BCUT2D eigenvalue weighted by atomic mass is 32.1. The van der Waals surface area contributed by atoms with Crippen LogP contribution in [0.25, 0.3) is 0 Å². The molecule has 0 saturated carbocycles. The molecule has 2 aromatic rings. The molecular weight excluding hydrogens is 280 g/mol. The van der Waals surface area contributed by atoms with Gasteiger partial charge < -0.3 is 10.6 Å². The Labute approximate surface area is 130 Å². The number of amides is 1. The smallest absolute Gasteiger partial charge is 0.258 e. The van der Waals surface area contributed by atoms with Gasteiger partial charge in [-0.1, -0.05) is 42.0 Å². The summed E-state index contributed by atoms with van der Waals surface area (Å²) < 4.78 is 0. The molecular formula is C17H18N2OS. The second-order valence-corrected chi connectivity index (χ2v) is 5.50. The molecule has 0 heterocycles. The third kappa shape index (κ3) is 3.11. The first-order valence-corrected chi connectivity index (χ1v) is 7.06. The standard InChI is InChI=1S/C17H18N2OS/c1-11-8-9-13(12(2)10-11)17(20)19(3)15-7-5-4-6-14(15)16(18)21/h4-10H,1-3H3,(H2,18,21). The predicted octanol–water partition coefficient (Wildman–Crippen LogP) is 3.21. The van der Waals surface area contributed by atoms with Crippen molar-refractivity contribution in [3.8, 4) is 0 Å². The van der Waals surface area contributed by atoms with Crippen molar-refractivity contribution in [3.63, 3.8) is 0 Å². The zero-order valence-electron chi connectivity index (χ0n) is 12.4. The summed E-state index contributed by atoms with van der Waals surface area (Å²) in [5.41, 5.74) is 9.93. The molecule has 2 aromatic carbocycles. The number of aryl methyl sites for hydroxylation is 2. The Morgan fingerprint density at radius 2 is 1.76 bits per heavy atom. The Hall–Kier alpha value is -2.20. The minimum atomic E-state index is -0.0730. The van der Waals surface area contributed by atoms with Crippen LogP contribution in [0.3, 0.4) is 0 Å². The van der Waals surface area contributed by atoms with Crippen LogP contribution in [-0.4, -0.2) is 17.9 Å². The van der Waals surface area contributed by atoms with Gasteiger partial charge in [0.15, 0.2) is 0 Å². The first-order chi connectivity index (χ1) is 9.91. The van der Waals surface area contributed by atoms with E-state index in [1.807, 2.05) is 56.3 Å². The number of thiocarbonyl (C=S) groups is 1. The van der Waals surface area contributed by atoms with Crippen molar-refractivity contribution in [1.82, 2.24) is 0 Å². The highest BCUT2D eigenvalue weighted by molar-refractivity contribution is 7.80. The Kier molecular flexibility index (Phi) is 4.38. The quantitative estimate of drug-likeness (QED) is 0.885. The number of hydrogen-bond acceptors (Lipinski definition) is 2. The van der Waals surface area contributed by atoms with E-state index in [1.165, 1.54) is 0 Å². The molecule has 0 atom stereocenters. The molecule has 0 aromatic heterocycles. The molecule has 1 amide bonds. The van der Waals surface area contributed by atoms with Crippen LogP contribution in [0.5, 0.6) is 0 Å². The fourth-order valence-electron chi connectivity index (χ4n) is 2.32. The summed E-state index contributed by atoms with van der Waals surface area (Å²) in [6, 6.07) is 13.2. The number of para-hydroxylation sites is 1. The minimum absolute atomic E-state index is 0.0730. The average Bonchev–Trinajstić information content (AvgIpc) is 2.45. The summed E-state index contributed by atoms with van der Waals surface area (Å²) in [7, 11) is 1.73. The molecule has 21 heavy (non-hydrogen) atoms. The first kappa shape index (κ1) is 15.2. The fraction of sp³-hybridized carbons (Fsp3) is 0.176. The van der Waals surface area contributed by atoms with Crippen LogP contribution in [0.15, 0.2) is 42.5 Å². The normalized spacial score (nSPS) is 10.2. The van der Waals surface area contributed by atoms with E-state index in [9.17, 15) is 4.79 Å². The van der Waals surface area contributed by atoms with Crippen molar-refractivity contribution >= 4 is 28.8 Å². The van der Waals surface area contributed by atoms with Gasteiger partial charge in [0.2, 0.25) is 0 Å². The Morgan fingerprint density at radius 1 is 1.10 bits per heavy atom. The molecule has 0 bridgehead atoms. The lowest BCUT2D eigenvalue weighted by Crippen LogP contribution is -2.29. The lowest BCUT2D eigenvalue weighted by molar-refractivity contribution is 0.0992. The van der Waals surface area contributed by atoms with Gasteiger partial charge in [-0.2, -0.15) is 0 Å². The molecule has 0 aliphatic carbocycles. The highest BCUT2D eigenvalue weighted by Crippen LogP contribution is 2.22. The van der Waals surface area contributed by atoms with Gasteiger partial charge in [-0.3, -0.25) is 4.79 Å². The Bertz CT molecular complexity index is 710. The summed E-state index contributed by atoms with van der Waals surface area (Å²) in [5, 5.41) is 0. The summed E-state index contributed by atoms with van der Waals surface area (Å²) in [5.74, 6) is -0.0730. The van der Waals surface area contributed by atoms with Crippen molar-refractivity contribution in [2.45, 2.75) is 13.8 Å². The highest BCUT2D eigenvalue weighted by Gasteiger charge is 2.18. The van der Waals surface area contributed by atoms with E-state index in [1.54, 1.807) is 11.9 Å². The number of nitrogens with two attached hydrogens (primary N) is 1. The topological polar surface area (TPSA) is 46.3 Å². The minimum Gasteiger partial charge on any atom is -0.389 e. The van der Waals surface area contributed by atoms with Gasteiger partial charge in [-0.05, 0) is 37.6 Å². The van der Waals surface area contributed by atoms with E-state index >= 15 is 0 Å². The van der Waals surface area contributed by atoms with E-state index in [2.05, 4.69) is 0 Å². The van der Waals surface area contributed by atoms with Gasteiger partial charge in [0.25, 0.3) is 5.91 Å². The maximum atomic E-state index is 12.7. The number of anilines is 1. The zero-order chi connectivity index (χ0) is 15.6. The second kappa shape index (κ2) is 6.06. The number of carbonyl (C=O) groups excluding carboxylic acids is 1. The molecule has 4 heteroatoms. The van der Waals surface area contributed by atoms with Crippen LogP contribution in [0, 0.1) is 13.8 Å². The molecule has 0 aliphatic rings. The molecule has 2 rings (SSSR count).